The molecule has 0 aliphatic carbocycles. The fourth-order valence-electron chi connectivity index (χ4n) is 3.73. The maximum atomic E-state index is 9.10. The number of aromatic nitrogens is 1. The SMILES string of the molecule is O=C(O)C(=O)O.O=C(O)C(=O)O.c1ccc(-c2nc(CN3CCN(Cc4ccc5c(c4)OCO5)CC3)cs2)cc1. The van der Waals surface area contributed by atoms with Crippen LogP contribution in [0.4, 0.5) is 0 Å². The van der Waals surface area contributed by atoms with Gasteiger partial charge in [0.25, 0.3) is 0 Å². The van der Waals surface area contributed by atoms with Gasteiger partial charge in [-0.25, -0.2) is 24.2 Å². The van der Waals surface area contributed by atoms with Gasteiger partial charge >= 0.3 is 23.9 Å². The lowest BCUT2D eigenvalue weighted by molar-refractivity contribution is -0.159. The third kappa shape index (κ3) is 9.34. The summed E-state index contributed by atoms with van der Waals surface area (Å²) >= 11 is 1.73. The molecule has 1 saturated heterocycles. The Hall–Kier alpha value is -4.53. The first-order valence-electron chi connectivity index (χ1n) is 11.9. The number of ether oxygens (including phenoxy) is 2. The van der Waals surface area contributed by atoms with Crippen LogP contribution in [0.25, 0.3) is 10.6 Å². The van der Waals surface area contributed by atoms with Gasteiger partial charge in [-0.05, 0) is 17.7 Å². The molecule has 0 atom stereocenters. The number of benzene rings is 2. The van der Waals surface area contributed by atoms with Crippen LogP contribution in [0.3, 0.4) is 0 Å². The molecule has 3 aromatic rings. The molecular weight excluding hydrogens is 546 g/mol. The van der Waals surface area contributed by atoms with Crippen molar-refractivity contribution in [1.82, 2.24) is 14.8 Å². The van der Waals surface area contributed by atoms with Gasteiger partial charge < -0.3 is 29.9 Å². The minimum atomic E-state index is -1.82. The van der Waals surface area contributed by atoms with Gasteiger partial charge in [0, 0.05) is 50.2 Å². The van der Waals surface area contributed by atoms with Crippen molar-refractivity contribution in [3.05, 3.63) is 65.2 Å². The highest BCUT2D eigenvalue weighted by molar-refractivity contribution is 7.13. The lowest BCUT2D eigenvalue weighted by Crippen LogP contribution is -2.45. The third-order valence-corrected chi connectivity index (χ3v) is 6.57. The average Bonchev–Trinajstić information content (AvgIpc) is 3.60. The molecule has 0 amide bonds. The normalized spacial score (nSPS) is 14.2. The molecule has 40 heavy (non-hydrogen) atoms. The van der Waals surface area contributed by atoms with Gasteiger partial charge in [-0.3, -0.25) is 9.80 Å². The maximum absolute atomic E-state index is 9.10. The van der Waals surface area contributed by atoms with Crippen molar-refractivity contribution in [3.8, 4) is 22.1 Å². The molecule has 4 N–H and O–H groups in total. The number of rotatable bonds is 5. The average molecular weight is 574 g/mol. The Labute approximate surface area is 232 Å². The molecule has 3 heterocycles. The van der Waals surface area contributed by atoms with Gasteiger partial charge in [0.15, 0.2) is 11.5 Å². The molecule has 1 fully saturated rings. The lowest BCUT2D eigenvalue weighted by Gasteiger charge is -2.34. The Balaban J connectivity index is 0.000000311. The summed E-state index contributed by atoms with van der Waals surface area (Å²) < 4.78 is 10.9. The zero-order chi connectivity index (χ0) is 29.1. The summed E-state index contributed by atoms with van der Waals surface area (Å²) in [7, 11) is 0. The largest absolute Gasteiger partial charge is 0.473 e. The number of thiazole rings is 1. The molecule has 1 aromatic heterocycles. The van der Waals surface area contributed by atoms with E-state index in [1.165, 1.54) is 16.8 Å². The zero-order valence-electron chi connectivity index (χ0n) is 21.1. The van der Waals surface area contributed by atoms with E-state index in [-0.39, 0.29) is 0 Å². The number of carbonyl (C=O) groups is 4. The van der Waals surface area contributed by atoms with Crippen molar-refractivity contribution in [2.75, 3.05) is 33.0 Å². The Kier molecular flexibility index (Phi) is 10.9. The minimum Gasteiger partial charge on any atom is -0.473 e. The molecule has 0 bridgehead atoms. The molecule has 5 rings (SSSR count). The smallest absolute Gasteiger partial charge is 0.414 e. The highest BCUT2D eigenvalue weighted by atomic mass is 32.1. The monoisotopic (exact) mass is 573 g/mol. The van der Waals surface area contributed by atoms with Crippen molar-refractivity contribution in [2.24, 2.45) is 0 Å². The van der Waals surface area contributed by atoms with Gasteiger partial charge in [-0.1, -0.05) is 36.4 Å². The highest BCUT2D eigenvalue weighted by Gasteiger charge is 2.20. The highest BCUT2D eigenvalue weighted by Crippen LogP contribution is 2.33. The summed E-state index contributed by atoms with van der Waals surface area (Å²) in [6.07, 6.45) is 0. The van der Waals surface area contributed by atoms with E-state index in [0.717, 1.165) is 55.8 Å². The molecule has 0 radical (unpaired) electrons. The number of carboxylic acids is 4. The first-order chi connectivity index (χ1) is 19.1. The number of aliphatic carboxylic acids is 4. The van der Waals surface area contributed by atoms with Crippen LogP contribution in [0.15, 0.2) is 53.9 Å². The first-order valence-corrected chi connectivity index (χ1v) is 12.8. The van der Waals surface area contributed by atoms with E-state index in [0.29, 0.717) is 6.79 Å². The fraction of sp³-hybridized carbons (Fsp3) is 0.269. The van der Waals surface area contributed by atoms with E-state index in [1.807, 2.05) is 12.1 Å². The molecule has 2 aromatic carbocycles. The van der Waals surface area contributed by atoms with Crippen molar-refractivity contribution in [1.29, 1.82) is 0 Å². The predicted octanol–water partition coefficient (Wildman–Crippen LogP) is 2.17. The second-order valence-electron chi connectivity index (χ2n) is 8.47. The van der Waals surface area contributed by atoms with Crippen molar-refractivity contribution >= 4 is 35.2 Å². The van der Waals surface area contributed by atoms with Crippen LogP contribution in [-0.2, 0) is 32.3 Å². The molecule has 2 aliphatic rings. The molecule has 212 valence electrons. The van der Waals surface area contributed by atoms with Gasteiger partial charge in [0.2, 0.25) is 6.79 Å². The van der Waals surface area contributed by atoms with E-state index in [9.17, 15) is 0 Å². The van der Waals surface area contributed by atoms with Crippen LogP contribution in [0.1, 0.15) is 11.3 Å². The number of carboxylic acid groups (broad SMARTS) is 4. The standard InChI is InChI=1S/C22H23N3O2S.2C2H2O4/c1-2-4-18(5-3-1)22-23-19(15-28-22)14-25-10-8-24(9-11-25)13-17-6-7-20-21(12-17)27-16-26-20;2*3-1(4)2(5)6/h1-7,12,15H,8-11,13-14,16H2;2*(H,3,4)(H,5,6). The van der Waals surface area contributed by atoms with E-state index >= 15 is 0 Å². The number of hydrogen-bond donors (Lipinski definition) is 4. The number of fused-ring (bicyclic) bond motifs is 1. The fourth-order valence-corrected chi connectivity index (χ4v) is 4.54. The van der Waals surface area contributed by atoms with Crippen molar-refractivity contribution in [3.63, 3.8) is 0 Å². The van der Waals surface area contributed by atoms with E-state index in [4.69, 9.17) is 54.1 Å². The summed E-state index contributed by atoms with van der Waals surface area (Å²) in [5.74, 6) is -5.57. The van der Waals surface area contributed by atoms with Gasteiger partial charge in [-0.2, -0.15) is 0 Å². The Morgan fingerprint density at radius 3 is 1.88 bits per heavy atom. The predicted molar refractivity (Wildman–Crippen MR) is 141 cm³/mol. The molecular formula is C26H27N3O10S. The van der Waals surface area contributed by atoms with Gasteiger partial charge in [-0.15, -0.1) is 11.3 Å². The molecule has 0 saturated carbocycles. The Morgan fingerprint density at radius 2 is 1.30 bits per heavy atom. The number of nitrogens with zero attached hydrogens (tertiary/aromatic N) is 3. The minimum absolute atomic E-state index is 0.333. The Morgan fingerprint density at radius 1 is 0.750 bits per heavy atom. The van der Waals surface area contributed by atoms with Crippen LogP contribution in [0.5, 0.6) is 11.5 Å². The number of piperazine rings is 1. The second kappa shape index (κ2) is 14.6. The zero-order valence-corrected chi connectivity index (χ0v) is 22.0. The van der Waals surface area contributed by atoms with E-state index < -0.39 is 23.9 Å². The topological polar surface area (TPSA) is 187 Å². The van der Waals surface area contributed by atoms with Crippen LogP contribution in [0.2, 0.25) is 0 Å². The lowest BCUT2D eigenvalue weighted by atomic mass is 10.1. The van der Waals surface area contributed by atoms with E-state index in [2.05, 4.69) is 51.6 Å². The van der Waals surface area contributed by atoms with Crippen LogP contribution < -0.4 is 9.47 Å². The Bertz CT molecular complexity index is 1280. The summed E-state index contributed by atoms with van der Waals surface area (Å²) in [6.45, 7) is 6.51. The summed E-state index contributed by atoms with van der Waals surface area (Å²) in [5, 5.41) is 32.9. The van der Waals surface area contributed by atoms with Crippen LogP contribution in [-0.4, -0.2) is 92.1 Å². The van der Waals surface area contributed by atoms with Crippen molar-refractivity contribution < 1.29 is 49.1 Å². The van der Waals surface area contributed by atoms with E-state index in [1.54, 1.807) is 11.3 Å². The molecule has 0 spiro atoms. The summed E-state index contributed by atoms with van der Waals surface area (Å²) in [5.41, 5.74) is 3.66. The third-order valence-electron chi connectivity index (χ3n) is 5.63. The van der Waals surface area contributed by atoms with Crippen LogP contribution >= 0.6 is 11.3 Å². The first kappa shape index (κ1) is 30.0. The molecule has 13 nitrogen and oxygen atoms in total. The molecule has 14 heteroatoms. The van der Waals surface area contributed by atoms with Crippen molar-refractivity contribution in [2.45, 2.75) is 13.1 Å². The molecule has 0 unspecified atom stereocenters. The second-order valence-corrected chi connectivity index (χ2v) is 9.33. The number of hydrogen-bond acceptors (Lipinski definition) is 10. The van der Waals surface area contributed by atoms with Gasteiger partial charge in [0.05, 0.1) is 5.69 Å². The maximum Gasteiger partial charge on any atom is 0.414 e. The summed E-state index contributed by atoms with van der Waals surface area (Å²) in [4.78, 5) is 46.2. The van der Waals surface area contributed by atoms with Gasteiger partial charge in [0.1, 0.15) is 5.01 Å². The molecule has 2 aliphatic heterocycles. The summed E-state index contributed by atoms with van der Waals surface area (Å²) in [6, 6.07) is 16.7. The van der Waals surface area contributed by atoms with Crippen LogP contribution in [0, 0.1) is 0 Å². The quantitative estimate of drug-likeness (QED) is 0.326.